The molecule has 0 unspecified atom stereocenters. The number of aromatic nitrogens is 3. The van der Waals surface area contributed by atoms with E-state index < -0.39 is 0 Å². The van der Waals surface area contributed by atoms with Gasteiger partial charge in [0.1, 0.15) is 5.82 Å². The molecule has 1 amide bonds. The number of nitrogens with one attached hydrogen (secondary N) is 2. The Morgan fingerprint density at radius 2 is 2.09 bits per heavy atom. The highest BCUT2D eigenvalue weighted by Crippen LogP contribution is 2.22. The van der Waals surface area contributed by atoms with Crippen LogP contribution in [0, 0.1) is 0 Å². The van der Waals surface area contributed by atoms with Crippen LogP contribution in [0.25, 0.3) is 22.6 Å². The molecule has 0 bridgehead atoms. The number of fused-ring (bicyclic) bond motifs is 1. The molecule has 0 aliphatic heterocycles. The van der Waals surface area contributed by atoms with Crippen molar-refractivity contribution >= 4 is 22.8 Å². The quantitative estimate of drug-likeness (QED) is 0.607. The summed E-state index contributed by atoms with van der Waals surface area (Å²) in [5.74, 6) is 0.676. The Bertz CT molecular complexity index is 940. The number of amides is 1. The normalized spacial score (nSPS) is 10.8. The van der Waals surface area contributed by atoms with Crippen molar-refractivity contribution in [1.29, 1.82) is 0 Å². The summed E-state index contributed by atoms with van der Waals surface area (Å²) in [5.41, 5.74) is 3.05. The van der Waals surface area contributed by atoms with Gasteiger partial charge in [0.15, 0.2) is 11.4 Å². The third-order valence-electron chi connectivity index (χ3n) is 3.40. The van der Waals surface area contributed by atoms with Crippen molar-refractivity contribution < 1.29 is 9.21 Å². The first-order valence-electron chi connectivity index (χ1n) is 7.06. The average Bonchev–Trinajstić information content (AvgIpc) is 3.24. The van der Waals surface area contributed by atoms with Crippen LogP contribution in [-0.4, -0.2) is 20.9 Å². The van der Waals surface area contributed by atoms with Crippen molar-refractivity contribution in [1.82, 2.24) is 15.0 Å². The number of carbonyl (C=O) groups is 1. The number of rotatable bonds is 3. The fourth-order valence-corrected chi connectivity index (χ4v) is 2.33. The molecule has 112 valence electrons. The molecule has 4 rings (SSSR count). The van der Waals surface area contributed by atoms with Gasteiger partial charge in [0.05, 0.1) is 11.8 Å². The molecule has 0 saturated carbocycles. The van der Waals surface area contributed by atoms with Gasteiger partial charge in [-0.1, -0.05) is 12.1 Å². The van der Waals surface area contributed by atoms with E-state index in [9.17, 15) is 4.79 Å². The zero-order chi connectivity index (χ0) is 15.6. The topological polar surface area (TPSA) is 83.8 Å². The molecule has 0 fully saturated rings. The van der Waals surface area contributed by atoms with Crippen molar-refractivity contribution in [2.45, 2.75) is 0 Å². The summed E-state index contributed by atoms with van der Waals surface area (Å²) in [4.78, 5) is 23.9. The summed E-state index contributed by atoms with van der Waals surface area (Å²) in [6.07, 6.45) is 3.17. The minimum atomic E-state index is -0.293. The van der Waals surface area contributed by atoms with Crippen molar-refractivity contribution in [3.63, 3.8) is 0 Å². The maximum absolute atomic E-state index is 12.0. The van der Waals surface area contributed by atoms with Crippen molar-refractivity contribution in [3.8, 4) is 11.4 Å². The number of H-pyrrole nitrogens is 1. The van der Waals surface area contributed by atoms with Crippen LogP contribution in [0.5, 0.6) is 0 Å². The van der Waals surface area contributed by atoms with Crippen molar-refractivity contribution in [2.24, 2.45) is 0 Å². The molecule has 0 aliphatic rings. The maximum Gasteiger partial charge on any atom is 0.291 e. The highest BCUT2D eigenvalue weighted by Gasteiger charge is 2.10. The van der Waals surface area contributed by atoms with E-state index in [4.69, 9.17) is 4.42 Å². The minimum absolute atomic E-state index is 0.267. The number of hydrogen-bond donors (Lipinski definition) is 2. The first-order chi connectivity index (χ1) is 11.3. The second kappa shape index (κ2) is 5.42. The Kier molecular flexibility index (Phi) is 3.12. The highest BCUT2D eigenvalue weighted by atomic mass is 16.3. The predicted octanol–water partition coefficient (Wildman–Crippen LogP) is 3.47. The minimum Gasteiger partial charge on any atom is -0.459 e. The van der Waals surface area contributed by atoms with Crippen LogP contribution in [-0.2, 0) is 0 Å². The molecule has 0 atom stereocenters. The number of carbonyl (C=O) groups excluding carboxylic acids is 1. The lowest BCUT2D eigenvalue weighted by atomic mass is 10.2. The number of furan rings is 1. The van der Waals surface area contributed by atoms with E-state index >= 15 is 0 Å². The fraction of sp³-hybridized carbons (Fsp3) is 0. The van der Waals surface area contributed by atoms with E-state index in [0.717, 1.165) is 11.1 Å². The Morgan fingerprint density at radius 3 is 2.91 bits per heavy atom. The lowest BCUT2D eigenvalue weighted by Gasteiger charge is -2.04. The smallest absolute Gasteiger partial charge is 0.291 e. The Balaban J connectivity index is 1.64. The van der Waals surface area contributed by atoms with E-state index in [-0.39, 0.29) is 11.7 Å². The average molecular weight is 304 g/mol. The molecule has 0 aliphatic carbocycles. The fourth-order valence-electron chi connectivity index (χ4n) is 2.33. The van der Waals surface area contributed by atoms with Crippen LogP contribution in [0.2, 0.25) is 0 Å². The van der Waals surface area contributed by atoms with Gasteiger partial charge >= 0.3 is 0 Å². The lowest BCUT2D eigenvalue weighted by Crippen LogP contribution is -2.10. The third kappa shape index (κ3) is 2.57. The molecule has 0 saturated heterocycles. The summed E-state index contributed by atoms with van der Waals surface area (Å²) in [7, 11) is 0. The van der Waals surface area contributed by atoms with Gasteiger partial charge in [-0.2, -0.15) is 0 Å². The number of imidazole rings is 1. The summed E-state index contributed by atoms with van der Waals surface area (Å²) in [6, 6.07) is 14.5. The molecule has 6 heteroatoms. The largest absolute Gasteiger partial charge is 0.459 e. The van der Waals surface area contributed by atoms with E-state index in [1.165, 1.54) is 6.26 Å². The first kappa shape index (κ1) is 13.3. The second-order valence-corrected chi connectivity index (χ2v) is 4.97. The van der Waals surface area contributed by atoms with Gasteiger partial charge in [0, 0.05) is 17.4 Å². The van der Waals surface area contributed by atoms with Crippen molar-refractivity contribution in [2.75, 3.05) is 5.32 Å². The summed E-state index contributed by atoms with van der Waals surface area (Å²) >= 11 is 0. The zero-order valence-corrected chi connectivity index (χ0v) is 12.0. The molecule has 1 aromatic carbocycles. The molecular weight excluding hydrogens is 292 g/mol. The number of hydrogen-bond acceptors (Lipinski definition) is 4. The molecular formula is C17H12N4O2. The molecule has 2 N–H and O–H groups in total. The van der Waals surface area contributed by atoms with Crippen LogP contribution in [0.4, 0.5) is 5.69 Å². The number of anilines is 1. The number of aromatic amines is 1. The second-order valence-electron chi connectivity index (χ2n) is 4.97. The van der Waals surface area contributed by atoms with Crippen LogP contribution in [0.1, 0.15) is 10.6 Å². The van der Waals surface area contributed by atoms with Crippen LogP contribution < -0.4 is 5.32 Å². The number of pyridine rings is 1. The Morgan fingerprint density at radius 1 is 1.13 bits per heavy atom. The molecule has 0 radical (unpaired) electrons. The maximum atomic E-state index is 12.0. The zero-order valence-electron chi connectivity index (χ0n) is 12.0. The summed E-state index contributed by atoms with van der Waals surface area (Å²) < 4.78 is 5.08. The number of nitrogens with zero attached hydrogens (tertiary/aromatic N) is 2. The Labute approximate surface area is 131 Å². The standard InChI is InChI=1S/C17H12N4O2/c22-17(14-7-3-9-23-14)19-12-5-1-4-11(10-12)15-20-13-6-2-8-18-16(13)21-15/h1-10H,(H,19,22)(H,18,20,21). The molecule has 4 aromatic rings. The van der Waals surface area contributed by atoms with E-state index in [1.54, 1.807) is 18.3 Å². The Hall–Kier alpha value is -3.41. The first-order valence-corrected chi connectivity index (χ1v) is 7.06. The molecule has 0 spiro atoms. The SMILES string of the molecule is O=C(Nc1cccc(-c2nc3ncccc3[nH]2)c1)c1ccco1. The van der Waals surface area contributed by atoms with Crippen molar-refractivity contribution in [3.05, 3.63) is 66.8 Å². The van der Waals surface area contributed by atoms with Crippen LogP contribution >= 0.6 is 0 Å². The van der Waals surface area contributed by atoms with Gasteiger partial charge in [0.2, 0.25) is 0 Å². The van der Waals surface area contributed by atoms with E-state index in [2.05, 4.69) is 20.3 Å². The van der Waals surface area contributed by atoms with Gasteiger partial charge < -0.3 is 14.7 Å². The molecule has 3 aromatic heterocycles. The van der Waals surface area contributed by atoms with Gasteiger partial charge in [-0.25, -0.2) is 9.97 Å². The molecule has 23 heavy (non-hydrogen) atoms. The van der Waals surface area contributed by atoms with Gasteiger partial charge in [0.25, 0.3) is 5.91 Å². The van der Waals surface area contributed by atoms with Crippen LogP contribution in [0.3, 0.4) is 0 Å². The third-order valence-corrected chi connectivity index (χ3v) is 3.40. The predicted molar refractivity (Wildman–Crippen MR) is 86.0 cm³/mol. The number of benzene rings is 1. The monoisotopic (exact) mass is 304 g/mol. The van der Waals surface area contributed by atoms with Gasteiger partial charge in [-0.05, 0) is 36.4 Å². The van der Waals surface area contributed by atoms with E-state index in [0.29, 0.717) is 17.2 Å². The summed E-state index contributed by atoms with van der Waals surface area (Å²) in [5, 5.41) is 2.80. The highest BCUT2D eigenvalue weighted by molar-refractivity contribution is 6.02. The summed E-state index contributed by atoms with van der Waals surface area (Å²) in [6.45, 7) is 0. The van der Waals surface area contributed by atoms with Gasteiger partial charge in [-0.15, -0.1) is 0 Å². The van der Waals surface area contributed by atoms with Crippen LogP contribution in [0.15, 0.2) is 65.4 Å². The molecule has 3 heterocycles. The van der Waals surface area contributed by atoms with E-state index in [1.807, 2.05) is 36.4 Å². The molecule has 6 nitrogen and oxygen atoms in total. The lowest BCUT2D eigenvalue weighted by molar-refractivity contribution is 0.0996. The van der Waals surface area contributed by atoms with Gasteiger partial charge in [-0.3, -0.25) is 4.79 Å².